The molecular formula is C12H11BrClN3O. The molecule has 94 valence electrons. The van der Waals surface area contributed by atoms with Crippen LogP contribution < -0.4 is 10.5 Å². The van der Waals surface area contributed by atoms with Crippen molar-refractivity contribution >= 4 is 27.5 Å². The number of aromatic nitrogens is 2. The number of nitrogens with zero attached hydrogens (tertiary/aromatic N) is 2. The van der Waals surface area contributed by atoms with E-state index in [4.69, 9.17) is 22.1 Å². The standard InChI is InChI=1S/C12H11BrClN3O/c1-18-12-11(16-4-5-17-12)10(15)7-2-3-8(13)9(14)6-7/h2-6,10H,15H2,1H3. The van der Waals surface area contributed by atoms with Crippen LogP contribution >= 0.6 is 27.5 Å². The fourth-order valence-electron chi connectivity index (χ4n) is 1.57. The molecule has 0 saturated carbocycles. The van der Waals surface area contributed by atoms with Crippen LogP contribution in [0, 0.1) is 0 Å². The Labute approximate surface area is 118 Å². The molecule has 1 aromatic carbocycles. The average molecular weight is 329 g/mol. The van der Waals surface area contributed by atoms with Crippen LogP contribution in [0.3, 0.4) is 0 Å². The van der Waals surface area contributed by atoms with E-state index >= 15 is 0 Å². The highest BCUT2D eigenvalue weighted by atomic mass is 79.9. The van der Waals surface area contributed by atoms with E-state index in [1.54, 1.807) is 18.5 Å². The van der Waals surface area contributed by atoms with Crippen LogP contribution in [0.15, 0.2) is 35.1 Å². The Morgan fingerprint density at radius 3 is 2.72 bits per heavy atom. The summed E-state index contributed by atoms with van der Waals surface area (Å²) < 4.78 is 5.97. The topological polar surface area (TPSA) is 61.0 Å². The Morgan fingerprint density at radius 2 is 2.06 bits per heavy atom. The first-order valence-electron chi connectivity index (χ1n) is 5.19. The highest BCUT2D eigenvalue weighted by Gasteiger charge is 2.17. The van der Waals surface area contributed by atoms with Crippen LogP contribution in [0.25, 0.3) is 0 Å². The summed E-state index contributed by atoms with van der Waals surface area (Å²) in [6.07, 6.45) is 3.14. The van der Waals surface area contributed by atoms with Crippen molar-refractivity contribution in [3.8, 4) is 5.88 Å². The Morgan fingerprint density at radius 1 is 1.33 bits per heavy atom. The molecule has 1 unspecified atom stereocenters. The highest BCUT2D eigenvalue weighted by Crippen LogP contribution is 2.29. The first-order chi connectivity index (χ1) is 8.63. The van der Waals surface area contributed by atoms with Gasteiger partial charge in [0.15, 0.2) is 0 Å². The van der Waals surface area contributed by atoms with Gasteiger partial charge in [0.25, 0.3) is 0 Å². The number of hydrogen-bond acceptors (Lipinski definition) is 4. The fraction of sp³-hybridized carbons (Fsp3) is 0.167. The summed E-state index contributed by atoms with van der Waals surface area (Å²) in [6, 6.07) is 5.10. The van der Waals surface area contributed by atoms with E-state index in [9.17, 15) is 0 Å². The maximum absolute atomic E-state index is 6.16. The summed E-state index contributed by atoms with van der Waals surface area (Å²) in [6.45, 7) is 0. The number of ether oxygens (including phenoxy) is 1. The molecule has 1 aromatic heterocycles. The smallest absolute Gasteiger partial charge is 0.237 e. The van der Waals surface area contributed by atoms with Crippen molar-refractivity contribution in [2.75, 3.05) is 7.11 Å². The molecule has 2 rings (SSSR count). The number of rotatable bonds is 3. The van der Waals surface area contributed by atoms with Gasteiger partial charge >= 0.3 is 0 Å². The molecule has 18 heavy (non-hydrogen) atoms. The van der Waals surface area contributed by atoms with Crippen molar-refractivity contribution < 1.29 is 4.74 Å². The van der Waals surface area contributed by atoms with Gasteiger partial charge in [0.05, 0.1) is 18.2 Å². The van der Waals surface area contributed by atoms with Gasteiger partial charge < -0.3 is 10.5 Å². The quantitative estimate of drug-likeness (QED) is 0.941. The average Bonchev–Trinajstić information content (AvgIpc) is 2.41. The highest BCUT2D eigenvalue weighted by molar-refractivity contribution is 9.10. The monoisotopic (exact) mass is 327 g/mol. The Hall–Kier alpha value is -1.17. The van der Waals surface area contributed by atoms with E-state index in [0.717, 1.165) is 10.0 Å². The molecule has 6 heteroatoms. The zero-order chi connectivity index (χ0) is 13.1. The first-order valence-corrected chi connectivity index (χ1v) is 6.36. The van der Waals surface area contributed by atoms with Crippen LogP contribution in [0.4, 0.5) is 0 Å². The van der Waals surface area contributed by atoms with Crippen molar-refractivity contribution in [3.05, 3.63) is 51.3 Å². The Balaban J connectivity index is 2.41. The molecule has 0 saturated heterocycles. The summed E-state index contributed by atoms with van der Waals surface area (Å²) in [5.41, 5.74) is 7.59. The molecule has 0 amide bonds. The van der Waals surface area contributed by atoms with Gasteiger partial charge in [-0.25, -0.2) is 4.98 Å². The van der Waals surface area contributed by atoms with Gasteiger partial charge in [0.2, 0.25) is 5.88 Å². The van der Waals surface area contributed by atoms with Crippen molar-refractivity contribution in [3.63, 3.8) is 0 Å². The zero-order valence-corrected chi connectivity index (χ0v) is 11.9. The van der Waals surface area contributed by atoms with Crippen LogP contribution in [-0.2, 0) is 0 Å². The van der Waals surface area contributed by atoms with Crippen LogP contribution in [0.2, 0.25) is 5.02 Å². The van der Waals surface area contributed by atoms with Gasteiger partial charge in [0.1, 0.15) is 5.69 Å². The molecule has 0 spiro atoms. The number of halogens is 2. The minimum absolute atomic E-state index is 0.420. The maximum atomic E-state index is 6.16. The summed E-state index contributed by atoms with van der Waals surface area (Å²) in [5.74, 6) is 0.420. The summed E-state index contributed by atoms with van der Waals surface area (Å²) in [7, 11) is 1.54. The van der Waals surface area contributed by atoms with E-state index in [1.165, 1.54) is 7.11 Å². The summed E-state index contributed by atoms with van der Waals surface area (Å²) in [5, 5.41) is 0.603. The van der Waals surface area contributed by atoms with Crippen LogP contribution in [0.5, 0.6) is 5.88 Å². The third-order valence-corrected chi connectivity index (χ3v) is 3.71. The van der Waals surface area contributed by atoms with Gasteiger partial charge in [-0.2, -0.15) is 0 Å². The third-order valence-electron chi connectivity index (χ3n) is 2.48. The zero-order valence-electron chi connectivity index (χ0n) is 9.60. The second-order valence-corrected chi connectivity index (χ2v) is 4.86. The van der Waals surface area contributed by atoms with E-state index < -0.39 is 6.04 Å². The Bertz CT molecular complexity index is 565. The first kappa shape index (κ1) is 13.3. The van der Waals surface area contributed by atoms with Crippen molar-refractivity contribution in [2.24, 2.45) is 5.73 Å². The predicted octanol–water partition coefficient (Wildman–Crippen LogP) is 2.95. The van der Waals surface area contributed by atoms with Gasteiger partial charge in [-0.3, -0.25) is 4.98 Å². The van der Waals surface area contributed by atoms with E-state index in [0.29, 0.717) is 16.6 Å². The lowest BCUT2D eigenvalue weighted by atomic mass is 10.0. The van der Waals surface area contributed by atoms with Crippen molar-refractivity contribution in [2.45, 2.75) is 6.04 Å². The second kappa shape index (κ2) is 5.65. The molecule has 2 N–H and O–H groups in total. The second-order valence-electron chi connectivity index (χ2n) is 3.60. The summed E-state index contributed by atoms with van der Waals surface area (Å²) in [4.78, 5) is 8.29. The maximum Gasteiger partial charge on any atom is 0.237 e. The van der Waals surface area contributed by atoms with Crippen molar-refractivity contribution in [1.29, 1.82) is 0 Å². The molecule has 0 radical (unpaired) electrons. The number of hydrogen-bond donors (Lipinski definition) is 1. The van der Waals surface area contributed by atoms with Crippen LogP contribution in [0.1, 0.15) is 17.3 Å². The molecule has 0 aliphatic carbocycles. The molecule has 0 bridgehead atoms. The minimum Gasteiger partial charge on any atom is -0.480 e. The third kappa shape index (κ3) is 2.63. The largest absolute Gasteiger partial charge is 0.480 e. The van der Waals surface area contributed by atoms with E-state index in [2.05, 4.69) is 25.9 Å². The molecule has 1 atom stereocenters. The number of methoxy groups -OCH3 is 1. The Kier molecular flexibility index (Phi) is 4.16. The lowest BCUT2D eigenvalue weighted by Crippen LogP contribution is -2.15. The van der Waals surface area contributed by atoms with Gasteiger partial charge in [-0.1, -0.05) is 17.7 Å². The summed E-state index contributed by atoms with van der Waals surface area (Å²) >= 11 is 9.39. The predicted molar refractivity (Wildman–Crippen MR) is 73.8 cm³/mol. The lowest BCUT2D eigenvalue weighted by molar-refractivity contribution is 0.387. The van der Waals surface area contributed by atoms with Gasteiger partial charge in [0, 0.05) is 16.9 Å². The normalized spacial score (nSPS) is 12.2. The molecular weight excluding hydrogens is 318 g/mol. The number of nitrogens with two attached hydrogens (primary N) is 1. The molecule has 0 fully saturated rings. The van der Waals surface area contributed by atoms with Crippen molar-refractivity contribution in [1.82, 2.24) is 9.97 Å². The van der Waals surface area contributed by atoms with E-state index in [-0.39, 0.29) is 0 Å². The van der Waals surface area contributed by atoms with Gasteiger partial charge in [-0.15, -0.1) is 0 Å². The number of benzene rings is 1. The lowest BCUT2D eigenvalue weighted by Gasteiger charge is -2.14. The molecule has 1 heterocycles. The molecule has 4 nitrogen and oxygen atoms in total. The molecule has 0 aliphatic heterocycles. The minimum atomic E-state index is -0.431. The van der Waals surface area contributed by atoms with Gasteiger partial charge in [-0.05, 0) is 33.6 Å². The van der Waals surface area contributed by atoms with E-state index in [1.807, 2.05) is 12.1 Å². The van der Waals surface area contributed by atoms with Crippen LogP contribution in [-0.4, -0.2) is 17.1 Å². The fourth-order valence-corrected chi connectivity index (χ4v) is 2.01. The molecule has 0 aliphatic rings. The molecule has 2 aromatic rings. The SMILES string of the molecule is COc1nccnc1C(N)c1ccc(Br)c(Cl)c1.